The van der Waals surface area contributed by atoms with Crippen LogP contribution in [0.5, 0.6) is 0 Å². The third-order valence-corrected chi connectivity index (χ3v) is 2.12. The molecule has 0 saturated heterocycles. The van der Waals surface area contributed by atoms with E-state index in [1.807, 2.05) is 0 Å². The molecule has 13 heavy (non-hydrogen) atoms. The highest BCUT2D eigenvalue weighted by molar-refractivity contribution is 9.10. The monoisotopic (exact) mass is 245 g/mol. The van der Waals surface area contributed by atoms with Crippen molar-refractivity contribution in [1.82, 2.24) is 0 Å². The molecule has 0 bridgehead atoms. The molecule has 1 atom stereocenters. The molecule has 0 aromatic heterocycles. The Morgan fingerprint density at radius 3 is 2.15 bits per heavy atom. The van der Waals surface area contributed by atoms with Gasteiger partial charge in [-0.05, 0) is 24.3 Å². The van der Waals surface area contributed by atoms with E-state index in [0.717, 1.165) is 4.47 Å². The largest absolute Gasteiger partial charge is 0.316 e. The smallest absolute Gasteiger partial charge is 0.302 e. The van der Waals surface area contributed by atoms with E-state index in [1.54, 1.807) is 12.1 Å². The summed E-state index contributed by atoms with van der Waals surface area (Å²) in [6, 6.07) is 5.01. The van der Waals surface area contributed by atoms with Crippen molar-refractivity contribution in [3.63, 3.8) is 0 Å². The molecule has 0 aliphatic carbocycles. The number of hydrogen-bond donors (Lipinski definition) is 0. The highest BCUT2D eigenvalue weighted by Crippen LogP contribution is 2.25. The van der Waals surface area contributed by atoms with E-state index in [-0.39, 0.29) is 0 Å². The van der Waals surface area contributed by atoms with Gasteiger partial charge in [-0.3, -0.25) is 0 Å². The van der Waals surface area contributed by atoms with Gasteiger partial charge < -0.3 is 4.85 Å². The van der Waals surface area contributed by atoms with Crippen molar-refractivity contribution < 1.29 is 8.78 Å². The molecule has 0 aliphatic heterocycles. The van der Waals surface area contributed by atoms with Crippen molar-refractivity contribution >= 4 is 15.9 Å². The van der Waals surface area contributed by atoms with Crippen LogP contribution in [-0.2, 0) is 0 Å². The maximum absolute atomic E-state index is 12.3. The summed E-state index contributed by atoms with van der Waals surface area (Å²) in [5.41, 5.74) is 0.355. The first-order valence-electron chi connectivity index (χ1n) is 3.55. The Morgan fingerprint density at radius 2 is 1.77 bits per heavy atom. The number of hydrogen-bond acceptors (Lipinski definition) is 0. The fraction of sp³-hybridized carbons (Fsp3) is 0.222. The van der Waals surface area contributed by atoms with E-state index < -0.39 is 12.5 Å². The molecule has 1 nitrogen and oxygen atoms in total. The van der Waals surface area contributed by atoms with Gasteiger partial charge in [0.15, 0.2) is 0 Å². The molecule has 0 N–H and O–H groups in total. The highest BCUT2D eigenvalue weighted by Gasteiger charge is 2.27. The SMILES string of the molecule is [C-]#[N+]C(c1ccc(Br)cc1)C(F)F. The molecular formula is C9H6BrF2N. The minimum atomic E-state index is -2.63. The Labute approximate surface area is 83.3 Å². The van der Waals surface area contributed by atoms with Crippen LogP contribution in [0.1, 0.15) is 11.6 Å². The summed E-state index contributed by atoms with van der Waals surface area (Å²) in [4.78, 5) is 2.87. The summed E-state index contributed by atoms with van der Waals surface area (Å²) >= 11 is 3.19. The maximum atomic E-state index is 12.3. The van der Waals surface area contributed by atoms with Gasteiger partial charge >= 0.3 is 12.5 Å². The molecule has 1 aromatic carbocycles. The summed E-state index contributed by atoms with van der Waals surface area (Å²) in [6.07, 6.45) is -2.63. The van der Waals surface area contributed by atoms with Crippen molar-refractivity contribution in [2.45, 2.75) is 12.5 Å². The van der Waals surface area contributed by atoms with Crippen LogP contribution < -0.4 is 0 Å². The lowest BCUT2D eigenvalue weighted by Gasteiger charge is -2.03. The van der Waals surface area contributed by atoms with Crippen LogP contribution in [0.15, 0.2) is 28.7 Å². The summed E-state index contributed by atoms with van der Waals surface area (Å²) in [7, 11) is 0. The number of nitrogens with zero attached hydrogens (tertiary/aromatic N) is 1. The fourth-order valence-electron chi connectivity index (χ4n) is 0.936. The zero-order chi connectivity index (χ0) is 9.84. The van der Waals surface area contributed by atoms with E-state index in [0.29, 0.717) is 5.56 Å². The molecular weight excluding hydrogens is 240 g/mol. The van der Waals surface area contributed by atoms with Gasteiger partial charge in [0.2, 0.25) is 0 Å². The van der Waals surface area contributed by atoms with Crippen LogP contribution in [0.3, 0.4) is 0 Å². The van der Waals surface area contributed by atoms with E-state index in [4.69, 9.17) is 6.57 Å². The molecule has 0 radical (unpaired) electrons. The maximum Gasteiger partial charge on any atom is 0.316 e. The van der Waals surface area contributed by atoms with E-state index in [1.165, 1.54) is 12.1 Å². The number of halogens is 3. The lowest BCUT2D eigenvalue weighted by atomic mass is 10.1. The first-order valence-corrected chi connectivity index (χ1v) is 4.34. The lowest BCUT2D eigenvalue weighted by molar-refractivity contribution is 0.130. The lowest BCUT2D eigenvalue weighted by Crippen LogP contribution is -2.03. The summed E-state index contributed by atoms with van der Waals surface area (Å²) in [5.74, 6) is 0. The zero-order valence-corrected chi connectivity index (χ0v) is 8.13. The predicted octanol–water partition coefficient (Wildman–Crippen LogP) is 3.67. The van der Waals surface area contributed by atoms with Crippen LogP contribution in [0.25, 0.3) is 4.85 Å². The quantitative estimate of drug-likeness (QED) is 0.701. The van der Waals surface area contributed by atoms with Crippen LogP contribution in [0, 0.1) is 6.57 Å². The van der Waals surface area contributed by atoms with Gasteiger partial charge in [-0.2, -0.15) is 0 Å². The van der Waals surface area contributed by atoms with Gasteiger partial charge in [-0.1, -0.05) is 15.9 Å². The number of benzene rings is 1. The van der Waals surface area contributed by atoms with Gasteiger partial charge in [-0.15, -0.1) is 0 Å². The Morgan fingerprint density at radius 1 is 1.23 bits per heavy atom. The van der Waals surface area contributed by atoms with Crippen LogP contribution >= 0.6 is 15.9 Å². The van der Waals surface area contributed by atoms with Crippen molar-refractivity contribution in [2.24, 2.45) is 0 Å². The zero-order valence-electron chi connectivity index (χ0n) is 6.55. The summed E-state index contributed by atoms with van der Waals surface area (Å²) in [6.45, 7) is 6.61. The first-order chi connectivity index (χ1) is 6.15. The normalized spacial score (nSPS) is 12.5. The highest BCUT2D eigenvalue weighted by atomic mass is 79.9. The minimum Gasteiger partial charge on any atom is -0.302 e. The van der Waals surface area contributed by atoms with E-state index in [9.17, 15) is 8.78 Å². The molecule has 0 amide bonds. The van der Waals surface area contributed by atoms with Crippen molar-refractivity contribution in [3.8, 4) is 0 Å². The van der Waals surface area contributed by atoms with Gasteiger partial charge in [0.1, 0.15) is 0 Å². The number of alkyl halides is 2. The Kier molecular flexibility index (Phi) is 3.38. The Bertz CT molecular complexity index is 315. The van der Waals surface area contributed by atoms with Gasteiger partial charge in [-0.25, -0.2) is 15.4 Å². The van der Waals surface area contributed by atoms with Gasteiger partial charge in [0, 0.05) is 10.0 Å². The minimum absolute atomic E-state index is 0.355. The second-order valence-electron chi connectivity index (χ2n) is 2.46. The van der Waals surface area contributed by atoms with Crippen molar-refractivity contribution in [2.75, 3.05) is 0 Å². The van der Waals surface area contributed by atoms with E-state index >= 15 is 0 Å². The fourth-order valence-corrected chi connectivity index (χ4v) is 1.20. The third kappa shape index (κ3) is 2.49. The molecule has 0 saturated carbocycles. The van der Waals surface area contributed by atoms with Crippen LogP contribution in [-0.4, -0.2) is 6.43 Å². The molecule has 1 rings (SSSR count). The van der Waals surface area contributed by atoms with Gasteiger partial charge in [0.05, 0.1) is 0 Å². The van der Waals surface area contributed by atoms with Crippen LogP contribution in [0.2, 0.25) is 0 Å². The second kappa shape index (κ2) is 4.33. The molecule has 0 aliphatic rings. The molecule has 0 spiro atoms. The standard InChI is InChI=1S/C9H6BrF2N/c1-13-8(9(11)12)6-2-4-7(10)5-3-6/h2-5,8-9H. The topological polar surface area (TPSA) is 4.36 Å². The predicted molar refractivity (Wildman–Crippen MR) is 49.5 cm³/mol. The second-order valence-corrected chi connectivity index (χ2v) is 3.38. The molecule has 1 unspecified atom stereocenters. The summed E-state index contributed by atoms with van der Waals surface area (Å²) in [5, 5.41) is 0. The Balaban J connectivity index is 2.94. The molecule has 0 fully saturated rings. The molecule has 1 aromatic rings. The third-order valence-electron chi connectivity index (χ3n) is 1.59. The molecule has 68 valence electrons. The Hall–Kier alpha value is -0.950. The number of rotatable bonds is 2. The average Bonchev–Trinajstić information content (AvgIpc) is 2.09. The van der Waals surface area contributed by atoms with Gasteiger partial charge in [0.25, 0.3) is 0 Å². The summed E-state index contributed by atoms with van der Waals surface area (Å²) < 4.78 is 25.3. The van der Waals surface area contributed by atoms with Crippen LogP contribution in [0.4, 0.5) is 8.78 Å². The average molecular weight is 246 g/mol. The van der Waals surface area contributed by atoms with Crippen molar-refractivity contribution in [3.05, 3.63) is 45.7 Å². The first kappa shape index (κ1) is 10.1. The molecule has 4 heteroatoms. The van der Waals surface area contributed by atoms with E-state index in [2.05, 4.69) is 20.8 Å². The van der Waals surface area contributed by atoms with Crippen molar-refractivity contribution in [1.29, 1.82) is 0 Å². The molecule has 0 heterocycles.